The first-order valence-electron chi connectivity index (χ1n) is 5.09. The summed E-state index contributed by atoms with van der Waals surface area (Å²) in [7, 11) is 1.67. The SMILES string of the molecule is COCCNCc1cc(-c2ccco2)on1. The molecule has 5 nitrogen and oxygen atoms in total. The van der Waals surface area contributed by atoms with E-state index in [0.29, 0.717) is 24.7 Å². The second-order valence-corrected chi connectivity index (χ2v) is 3.33. The largest absolute Gasteiger partial charge is 0.461 e. The third kappa shape index (κ3) is 2.71. The molecule has 1 N–H and O–H groups in total. The molecule has 2 heterocycles. The summed E-state index contributed by atoms with van der Waals surface area (Å²) in [6.45, 7) is 2.13. The highest BCUT2D eigenvalue weighted by molar-refractivity contribution is 5.49. The fraction of sp³-hybridized carbons (Fsp3) is 0.364. The lowest BCUT2D eigenvalue weighted by Crippen LogP contribution is -2.18. The number of hydrogen-bond acceptors (Lipinski definition) is 5. The van der Waals surface area contributed by atoms with Crippen molar-refractivity contribution in [2.45, 2.75) is 6.54 Å². The molecule has 0 aromatic carbocycles. The molecule has 0 unspecified atom stereocenters. The van der Waals surface area contributed by atoms with E-state index >= 15 is 0 Å². The van der Waals surface area contributed by atoms with Gasteiger partial charge in [-0.05, 0) is 12.1 Å². The second kappa shape index (κ2) is 5.48. The van der Waals surface area contributed by atoms with Gasteiger partial charge in [0.05, 0.1) is 18.6 Å². The van der Waals surface area contributed by atoms with Crippen LogP contribution >= 0.6 is 0 Å². The van der Waals surface area contributed by atoms with Crippen LogP contribution in [0.1, 0.15) is 5.69 Å². The summed E-state index contributed by atoms with van der Waals surface area (Å²) in [6, 6.07) is 5.51. The summed E-state index contributed by atoms with van der Waals surface area (Å²) in [5.74, 6) is 1.34. The van der Waals surface area contributed by atoms with E-state index in [0.717, 1.165) is 12.2 Å². The number of rotatable bonds is 6. The van der Waals surface area contributed by atoms with Crippen LogP contribution in [-0.2, 0) is 11.3 Å². The van der Waals surface area contributed by atoms with Crippen LogP contribution in [0.4, 0.5) is 0 Å². The third-order valence-electron chi connectivity index (χ3n) is 2.11. The van der Waals surface area contributed by atoms with Gasteiger partial charge in [0.25, 0.3) is 0 Å². The molecule has 0 fully saturated rings. The summed E-state index contributed by atoms with van der Waals surface area (Å²) in [6.07, 6.45) is 1.61. The topological polar surface area (TPSA) is 60.4 Å². The average molecular weight is 222 g/mol. The number of furan rings is 1. The summed E-state index contributed by atoms with van der Waals surface area (Å²) >= 11 is 0. The van der Waals surface area contributed by atoms with Crippen LogP contribution in [-0.4, -0.2) is 25.4 Å². The maximum absolute atomic E-state index is 5.20. The first-order valence-corrected chi connectivity index (χ1v) is 5.09. The zero-order valence-corrected chi connectivity index (χ0v) is 9.10. The van der Waals surface area contributed by atoms with Gasteiger partial charge in [-0.1, -0.05) is 5.16 Å². The first kappa shape index (κ1) is 10.9. The molecule has 0 atom stereocenters. The smallest absolute Gasteiger partial charge is 0.202 e. The van der Waals surface area contributed by atoms with Crippen LogP contribution in [0.2, 0.25) is 0 Å². The highest BCUT2D eigenvalue weighted by Crippen LogP contribution is 2.20. The van der Waals surface area contributed by atoms with Crippen molar-refractivity contribution in [2.75, 3.05) is 20.3 Å². The second-order valence-electron chi connectivity index (χ2n) is 3.33. The van der Waals surface area contributed by atoms with E-state index in [1.54, 1.807) is 13.4 Å². The zero-order chi connectivity index (χ0) is 11.2. The van der Waals surface area contributed by atoms with Crippen LogP contribution in [0, 0.1) is 0 Å². The molecule has 0 saturated carbocycles. The summed E-state index contributed by atoms with van der Waals surface area (Å²) in [5, 5.41) is 7.11. The first-order chi connectivity index (χ1) is 7.90. The van der Waals surface area contributed by atoms with Gasteiger partial charge in [0.15, 0.2) is 5.76 Å². The van der Waals surface area contributed by atoms with Crippen LogP contribution in [0.5, 0.6) is 0 Å². The van der Waals surface area contributed by atoms with Gasteiger partial charge in [-0.25, -0.2) is 0 Å². The van der Waals surface area contributed by atoms with Gasteiger partial charge in [0, 0.05) is 26.3 Å². The zero-order valence-electron chi connectivity index (χ0n) is 9.10. The minimum absolute atomic E-state index is 0.647. The van der Waals surface area contributed by atoms with Gasteiger partial charge in [-0.3, -0.25) is 0 Å². The van der Waals surface area contributed by atoms with E-state index in [4.69, 9.17) is 13.7 Å². The van der Waals surface area contributed by atoms with Crippen LogP contribution in [0.25, 0.3) is 11.5 Å². The highest BCUT2D eigenvalue weighted by atomic mass is 16.5. The molecule has 0 amide bonds. The molecule has 0 bridgehead atoms. The van der Waals surface area contributed by atoms with Crippen molar-refractivity contribution in [1.82, 2.24) is 10.5 Å². The predicted molar refractivity (Wildman–Crippen MR) is 57.8 cm³/mol. The molecule has 2 aromatic heterocycles. The Labute approximate surface area is 93.4 Å². The quantitative estimate of drug-likeness (QED) is 0.753. The highest BCUT2D eigenvalue weighted by Gasteiger charge is 2.08. The summed E-state index contributed by atoms with van der Waals surface area (Å²) in [5.41, 5.74) is 0.850. The van der Waals surface area contributed by atoms with Crippen molar-refractivity contribution in [2.24, 2.45) is 0 Å². The average Bonchev–Trinajstić information content (AvgIpc) is 2.94. The molecule has 0 spiro atoms. The number of ether oxygens (including phenoxy) is 1. The van der Waals surface area contributed by atoms with Crippen LogP contribution in [0.3, 0.4) is 0 Å². The number of nitrogens with one attached hydrogen (secondary N) is 1. The van der Waals surface area contributed by atoms with Gasteiger partial charge in [0.2, 0.25) is 5.76 Å². The van der Waals surface area contributed by atoms with Crippen molar-refractivity contribution in [3.05, 3.63) is 30.2 Å². The van der Waals surface area contributed by atoms with Crippen LogP contribution in [0.15, 0.2) is 33.4 Å². The molecule has 2 rings (SSSR count). The van der Waals surface area contributed by atoms with Gasteiger partial charge in [-0.15, -0.1) is 0 Å². The fourth-order valence-electron chi connectivity index (χ4n) is 1.32. The summed E-state index contributed by atoms with van der Waals surface area (Å²) < 4.78 is 15.3. The Hall–Kier alpha value is -1.59. The maximum Gasteiger partial charge on any atom is 0.202 e. The molecule has 0 aliphatic rings. The van der Waals surface area contributed by atoms with Crippen molar-refractivity contribution in [1.29, 1.82) is 0 Å². The molecule has 86 valence electrons. The molecule has 0 aliphatic carbocycles. The van der Waals surface area contributed by atoms with Gasteiger partial charge < -0.3 is 19.0 Å². The summed E-state index contributed by atoms with van der Waals surface area (Å²) in [4.78, 5) is 0. The Morgan fingerprint density at radius 3 is 3.12 bits per heavy atom. The van der Waals surface area contributed by atoms with E-state index in [9.17, 15) is 0 Å². The minimum Gasteiger partial charge on any atom is -0.461 e. The molecule has 0 radical (unpaired) electrons. The third-order valence-corrected chi connectivity index (χ3v) is 2.11. The van der Waals surface area contributed by atoms with Gasteiger partial charge in [0.1, 0.15) is 0 Å². The Balaban J connectivity index is 1.88. The normalized spacial score (nSPS) is 10.8. The molecular formula is C11H14N2O3. The maximum atomic E-state index is 5.20. The van der Waals surface area contributed by atoms with Crippen LogP contribution < -0.4 is 5.32 Å². The number of aromatic nitrogens is 1. The monoisotopic (exact) mass is 222 g/mol. The van der Waals surface area contributed by atoms with Crippen molar-refractivity contribution in [3.63, 3.8) is 0 Å². The molecule has 0 saturated heterocycles. The van der Waals surface area contributed by atoms with E-state index in [-0.39, 0.29) is 0 Å². The lowest BCUT2D eigenvalue weighted by molar-refractivity contribution is 0.199. The lowest BCUT2D eigenvalue weighted by atomic mass is 10.3. The Bertz CT molecular complexity index is 409. The molecule has 16 heavy (non-hydrogen) atoms. The van der Waals surface area contributed by atoms with E-state index in [1.807, 2.05) is 18.2 Å². The van der Waals surface area contributed by atoms with Gasteiger partial charge in [-0.2, -0.15) is 0 Å². The Morgan fingerprint density at radius 2 is 2.38 bits per heavy atom. The van der Waals surface area contributed by atoms with Crippen molar-refractivity contribution >= 4 is 0 Å². The predicted octanol–water partition coefficient (Wildman–Crippen LogP) is 1.67. The van der Waals surface area contributed by atoms with E-state index in [2.05, 4.69) is 10.5 Å². The Morgan fingerprint density at radius 1 is 1.44 bits per heavy atom. The fourth-order valence-corrected chi connectivity index (χ4v) is 1.32. The van der Waals surface area contributed by atoms with Gasteiger partial charge >= 0.3 is 0 Å². The minimum atomic E-state index is 0.647. The van der Waals surface area contributed by atoms with E-state index in [1.165, 1.54) is 0 Å². The molecular weight excluding hydrogens is 208 g/mol. The Kier molecular flexibility index (Phi) is 3.74. The molecule has 2 aromatic rings. The standard InChI is InChI=1S/C11H14N2O3/c1-14-6-4-12-8-9-7-11(16-13-9)10-3-2-5-15-10/h2-3,5,7,12H,4,6,8H2,1H3. The number of nitrogens with zero attached hydrogens (tertiary/aromatic N) is 1. The van der Waals surface area contributed by atoms with Crippen molar-refractivity contribution < 1.29 is 13.7 Å². The van der Waals surface area contributed by atoms with E-state index < -0.39 is 0 Å². The number of methoxy groups -OCH3 is 1. The molecule has 0 aliphatic heterocycles. The number of hydrogen-bond donors (Lipinski definition) is 1. The molecule has 5 heteroatoms. The lowest BCUT2D eigenvalue weighted by Gasteiger charge is -1.99. The van der Waals surface area contributed by atoms with Crippen molar-refractivity contribution in [3.8, 4) is 11.5 Å².